The molecular weight excluding hydrogens is 204 g/mol. The molecule has 1 N–H and O–H groups in total. The summed E-state index contributed by atoms with van der Waals surface area (Å²) in [5, 5.41) is 9.71. The fraction of sp³-hybridized carbons (Fsp3) is 0.583. The third-order valence-electron chi connectivity index (χ3n) is 2.79. The van der Waals surface area contributed by atoms with Crippen LogP contribution in [0.3, 0.4) is 0 Å². The minimum Gasteiger partial charge on any atom is -0.389 e. The molecule has 0 unspecified atom stereocenters. The van der Waals surface area contributed by atoms with Gasteiger partial charge in [-0.2, -0.15) is 0 Å². The molecule has 0 spiro atoms. The molecule has 4 nitrogen and oxygen atoms in total. The molecule has 1 aliphatic heterocycles. The molecule has 1 aromatic rings. The summed E-state index contributed by atoms with van der Waals surface area (Å²) in [6, 6.07) is 3.79. The average Bonchev–Trinajstić information content (AvgIpc) is 2.57. The summed E-state index contributed by atoms with van der Waals surface area (Å²) in [5.74, 6) is 0.892. The van der Waals surface area contributed by atoms with Crippen molar-refractivity contribution in [2.45, 2.75) is 19.4 Å². The van der Waals surface area contributed by atoms with Gasteiger partial charge in [0.05, 0.1) is 12.7 Å². The van der Waals surface area contributed by atoms with Gasteiger partial charge >= 0.3 is 0 Å². The van der Waals surface area contributed by atoms with E-state index in [9.17, 15) is 5.11 Å². The zero-order chi connectivity index (χ0) is 11.4. The number of anilines is 1. The van der Waals surface area contributed by atoms with Crippen molar-refractivity contribution in [3.63, 3.8) is 0 Å². The van der Waals surface area contributed by atoms with Crippen LogP contribution in [-0.4, -0.2) is 36.4 Å². The van der Waals surface area contributed by atoms with Crippen molar-refractivity contribution in [3.8, 4) is 0 Å². The van der Waals surface area contributed by atoms with Crippen molar-refractivity contribution < 1.29 is 9.84 Å². The number of aromatic nitrogens is 1. The lowest BCUT2D eigenvalue weighted by atomic mass is 10.1. The van der Waals surface area contributed by atoms with Gasteiger partial charge in [0.2, 0.25) is 0 Å². The zero-order valence-corrected chi connectivity index (χ0v) is 9.59. The maximum Gasteiger partial charge on any atom is 0.134 e. The van der Waals surface area contributed by atoms with Crippen molar-refractivity contribution in [2.24, 2.45) is 0 Å². The molecule has 1 atom stereocenters. The standard InChI is InChI=1S/C12H18N2O2/c1-10(15)11-4-2-5-13-12(11)14-6-3-8-16-9-7-14/h2,4-5,10,15H,3,6-9H2,1H3/t10-/m0/s1. The number of hydrogen-bond donors (Lipinski definition) is 1. The highest BCUT2D eigenvalue weighted by atomic mass is 16.5. The van der Waals surface area contributed by atoms with Gasteiger partial charge in [0.15, 0.2) is 0 Å². The molecule has 0 aliphatic carbocycles. The van der Waals surface area contributed by atoms with Gasteiger partial charge < -0.3 is 14.7 Å². The quantitative estimate of drug-likeness (QED) is 0.820. The molecule has 1 aliphatic rings. The van der Waals surface area contributed by atoms with E-state index in [0.717, 1.165) is 44.1 Å². The van der Waals surface area contributed by atoms with E-state index in [-0.39, 0.29) is 0 Å². The van der Waals surface area contributed by atoms with Gasteiger partial charge in [-0.1, -0.05) is 6.07 Å². The Morgan fingerprint density at radius 1 is 1.44 bits per heavy atom. The van der Waals surface area contributed by atoms with Crippen molar-refractivity contribution in [3.05, 3.63) is 23.9 Å². The summed E-state index contributed by atoms with van der Waals surface area (Å²) in [6.45, 7) is 5.10. The Bertz CT molecular complexity index is 334. The van der Waals surface area contributed by atoms with Crippen molar-refractivity contribution >= 4 is 5.82 Å². The summed E-state index contributed by atoms with van der Waals surface area (Å²) in [7, 11) is 0. The van der Waals surface area contributed by atoms with Crippen LogP contribution in [0.25, 0.3) is 0 Å². The van der Waals surface area contributed by atoms with Crippen LogP contribution in [0.4, 0.5) is 5.82 Å². The molecular formula is C12H18N2O2. The highest BCUT2D eigenvalue weighted by Crippen LogP contribution is 2.24. The fourth-order valence-electron chi connectivity index (χ4n) is 1.96. The number of aliphatic hydroxyl groups is 1. The molecule has 4 heteroatoms. The predicted molar refractivity (Wildman–Crippen MR) is 62.5 cm³/mol. The molecule has 0 aromatic carbocycles. The first-order chi connectivity index (χ1) is 7.79. The molecule has 0 radical (unpaired) electrons. The van der Waals surface area contributed by atoms with Crippen LogP contribution in [0.2, 0.25) is 0 Å². The lowest BCUT2D eigenvalue weighted by Gasteiger charge is -2.24. The molecule has 1 saturated heterocycles. The number of ether oxygens (including phenoxy) is 1. The molecule has 2 heterocycles. The number of rotatable bonds is 2. The van der Waals surface area contributed by atoms with Gasteiger partial charge in [-0.3, -0.25) is 0 Å². The van der Waals surface area contributed by atoms with Gasteiger partial charge in [-0.15, -0.1) is 0 Å². The first kappa shape index (κ1) is 11.4. The van der Waals surface area contributed by atoms with E-state index in [0.29, 0.717) is 0 Å². The summed E-state index contributed by atoms with van der Waals surface area (Å²) in [5.41, 5.74) is 0.893. The average molecular weight is 222 g/mol. The fourth-order valence-corrected chi connectivity index (χ4v) is 1.96. The third kappa shape index (κ3) is 2.51. The van der Waals surface area contributed by atoms with Crippen molar-refractivity contribution in [1.29, 1.82) is 0 Å². The molecule has 1 aromatic heterocycles. The van der Waals surface area contributed by atoms with Gasteiger partial charge in [0.25, 0.3) is 0 Å². The van der Waals surface area contributed by atoms with Crippen LogP contribution in [0, 0.1) is 0 Å². The van der Waals surface area contributed by atoms with Gasteiger partial charge in [-0.05, 0) is 19.4 Å². The van der Waals surface area contributed by atoms with E-state index in [1.165, 1.54) is 0 Å². The Balaban J connectivity index is 2.23. The predicted octanol–water partition coefficient (Wildman–Crippen LogP) is 1.36. The van der Waals surface area contributed by atoms with Crippen LogP contribution in [0.5, 0.6) is 0 Å². The van der Waals surface area contributed by atoms with E-state index in [2.05, 4.69) is 9.88 Å². The molecule has 16 heavy (non-hydrogen) atoms. The van der Waals surface area contributed by atoms with Crippen molar-refractivity contribution in [2.75, 3.05) is 31.2 Å². The highest BCUT2D eigenvalue weighted by molar-refractivity contribution is 5.47. The number of nitrogens with zero attached hydrogens (tertiary/aromatic N) is 2. The zero-order valence-electron chi connectivity index (χ0n) is 9.59. The molecule has 0 amide bonds. The lowest BCUT2D eigenvalue weighted by Crippen LogP contribution is -2.28. The third-order valence-corrected chi connectivity index (χ3v) is 2.79. The first-order valence-electron chi connectivity index (χ1n) is 5.74. The number of aliphatic hydroxyl groups excluding tert-OH is 1. The summed E-state index contributed by atoms with van der Waals surface area (Å²) >= 11 is 0. The largest absolute Gasteiger partial charge is 0.389 e. The molecule has 1 fully saturated rings. The first-order valence-corrected chi connectivity index (χ1v) is 5.74. The van der Waals surface area contributed by atoms with E-state index in [1.54, 1.807) is 13.1 Å². The lowest BCUT2D eigenvalue weighted by molar-refractivity contribution is 0.152. The molecule has 88 valence electrons. The van der Waals surface area contributed by atoms with E-state index in [1.807, 2.05) is 12.1 Å². The van der Waals surface area contributed by atoms with Crippen LogP contribution >= 0.6 is 0 Å². The second-order valence-corrected chi connectivity index (χ2v) is 4.05. The minimum absolute atomic E-state index is 0.479. The van der Waals surface area contributed by atoms with Crippen molar-refractivity contribution in [1.82, 2.24) is 4.98 Å². The monoisotopic (exact) mass is 222 g/mol. The summed E-state index contributed by atoms with van der Waals surface area (Å²) < 4.78 is 5.41. The topological polar surface area (TPSA) is 45.6 Å². The Labute approximate surface area is 95.9 Å². The summed E-state index contributed by atoms with van der Waals surface area (Å²) in [4.78, 5) is 6.57. The van der Waals surface area contributed by atoms with Crippen LogP contribution in [0.15, 0.2) is 18.3 Å². The second kappa shape index (κ2) is 5.27. The minimum atomic E-state index is -0.479. The maximum atomic E-state index is 9.71. The Kier molecular flexibility index (Phi) is 3.74. The SMILES string of the molecule is C[C@H](O)c1cccnc1N1CCCOCC1. The summed E-state index contributed by atoms with van der Waals surface area (Å²) in [6.07, 6.45) is 2.30. The van der Waals surface area contributed by atoms with E-state index < -0.39 is 6.10 Å². The Hall–Kier alpha value is -1.13. The molecule has 0 saturated carbocycles. The number of pyridine rings is 1. The van der Waals surface area contributed by atoms with Gasteiger partial charge in [0, 0.05) is 31.5 Å². The Morgan fingerprint density at radius 2 is 2.31 bits per heavy atom. The maximum absolute atomic E-state index is 9.71. The van der Waals surface area contributed by atoms with Crippen LogP contribution in [-0.2, 0) is 4.74 Å². The van der Waals surface area contributed by atoms with Crippen LogP contribution in [0.1, 0.15) is 25.0 Å². The highest BCUT2D eigenvalue weighted by Gasteiger charge is 2.16. The number of hydrogen-bond acceptors (Lipinski definition) is 4. The Morgan fingerprint density at radius 3 is 3.12 bits per heavy atom. The normalized spacial score (nSPS) is 19.2. The van der Waals surface area contributed by atoms with Crippen LogP contribution < -0.4 is 4.90 Å². The van der Waals surface area contributed by atoms with E-state index >= 15 is 0 Å². The van der Waals surface area contributed by atoms with Gasteiger partial charge in [-0.25, -0.2) is 4.98 Å². The van der Waals surface area contributed by atoms with E-state index in [4.69, 9.17) is 4.74 Å². The second-order valence-electron chi connectivity index (χ2n) is 4.05. The molecule has 2 rings (SSSR count). The smallest absolute Gasteiger partial charge is 0.134 e. The van der Waals surface area contributed by atoms with Gasteiger partial charge in [0.1, 0.15) is 5.82 Å². The molecule has 0 bridgehead atoms.